The van der Waals surface area contributed by atoms with Gasteiger partial charge in [0.2, 0.25) is 12.7 Å². The first kappa shape index (κ1) is 34.4. The molecule has 5 rings (SSSR count). The maximum atomic E-state index is 13.2. The van der Waals surface area contributed by atoms with Crippen LogP contribution >= 0.6 is 23.2 Å². The SMILES string of the molecule is CCOc1cc(/C=N\NC(=O)[C@H](Cc2ccccc2)NC(=O)CCCOc2ccc(Cl)cc2Cl)ccc1OCc1ccc2c(c1)OCO2. The summed E-state index contributed by atoms with van der Waals surface area (Å²) in [5.74, 6) is 2.22. The van der Waals surface area contributed by atoms with Crippen LogP contribution in [0.3, 0.4) is 0 Å². The van der Waals surface area contributed by atoms with Gasteiger partial charge in [0, 0.05) is 17.9 Å². The zero-order valence-electron chi connectivity index (χ0n) is 26.2. The molecule has 0 bridgehead atoms. The largest absolute Gasteiger partial charge is 0.492 e. The summed E-state index contributed by atoms with van der Waals surface area (Å²) in [6.07, 6.45) is 2.36. The van der Waals surface area contributed by atoms with Crippen LogP contribution in [0.2, 0.25) is 10.0 Å². The number of nitrogens with zero attached hydrogens (tertiary/aromatic N) is 1. The lowest BCUT2D eigenvalue weighted by molar-refractivity contribution is -0.129. The van der Waals surface area contributed by atoms with Gasteiger partial charge in [-0.2, -0.15) is 5.10 Å². The number of fused-ring (bicyclic) bond motifs is 1. The van der Waals surface area contributed by atoms with Gasteiger partial charge in [0.25, 0.3) is 5.91 Å². The van der Waals surface area contributed by atoms with Crippen molar-refractivity contribution in [3.05, 3.63) is 112 Å². The Morgan fingerprint density at radius 1 is 0.875 bits per heavy atom. The number of ether oxygens (including phenoxy) is 5. The van der Waals surface area contributed by atoms with Crippen molar-refractivity contribution in [3.63, 3.8) is 0 Å². The first-order chi connectivity index (χ1) is 23.4. The van der Waals surface area contributed by atoms with Gasteiger partial charge in [0.05, 0.1) is 24.5 Å². The highest BCUT2D eigenvalue weighted by Gasteiger charge is 2.21. The van der Waals surface area contributed by atoms with Gasteiger partial charge in [0.15, 0.2) is 23.0 Å². The van der Waals surface area contributed by atoms with Crippen LogP contribution in [0.25, 0.3) is 0 Å². The molecule has 2 N–H and O–H groups in total. The standard InChI is InChI=1S/C36H35Cl2N3O7/c1-2-44-33-18-25(10-13-31(33)46-22-26-11-14-32-34(19-26)48-23-47-32)21-39-41-36(43)29(17-24-7-4-3-5-8-24)40-35(42)9-6-16-45-30-15-12-27(37)20-28(30)38/h3-5,7-8,10-15,18-21,29H,2,6,9,16-17,22-23H2,1H3,(H,40,42)(H,41,43)/b39-21-/t29-/m0/s1. The van der Waals surface area contributed by atoms with Crippen molar-refractivity contribution in [1.29, 1.82) is 0 Å². The summed E-state index contributed by atoms with van der Waals surface area (Å²) in [5, 5.41) is 7.88. The molecule has 4 aromatic carbocycles. The van der Waals surface area contributed by atoms with Crippen LogP contribution < -0.4 is 34.4 Å². The number of hydrazone groups is 1. The molecule has 0 unspecified atom stereocenters. The number of halogens is 2. The lowest BCUT2D eigenvalue weighted by atomic mass is 10.1. The Hall–Kier alpha value is -4.93. The fourth-order valence-electron chi connectivity index (χ4n) is 4.77. The number of benzene rings is 4. The van der Waals surface area contributed by atoms with E-state index >= 15 is 0 Å². The molecule has 0 saturated heterocycles. The zero-order chi connectivity index (χ0) is 33.7. The number of carbonyl (C=O) groups excluding carboxylic acids is 2. The van der Waals surface area contributed by atoms with Crippen LogP contribution in [0.1, 0.15) is 36.5 Å². The van der Waals surface area contributed by atoms with E-state index in [1.165, 1.54) is 6.21 Å². The van der Waals surface area contributed by atoms with Gasteiger partial charge >= 0.3 is 0 Å². The summed E-state index contributed by atoms with van der Waals surface area (Å²) in [5.41, 5.74) is 5.05. The van der Waals surface area contributed by atoms with Crippen LogP contribution in [-0.2, 0) is 22.6 Å². The Bertz CT molecular complexity index is 1740. The Balaban J connectivity index is 1.16. The van der Waals surface area contributed by atoms with Crippen LogP contribution in [0.15, 0.2) is 90.0 Å². The number of carbonyl (C=O) groups is 2. The molecule has 0 saturated carbocycles. The first-order valence-corrected chi connectivity index (χ1v) is 16.2. The highest BCUT2D eigenvalue weighted by Crippen LogP contribution is 2.34. The Labute approximate surface area is 288 Å². The van der Waals surface area contributed by atoms with Crippen LogP contribution in [-0.4, -0.2) is 44.1 Å². The molecule has 1 atom stereocenters. The van der Waals surface area contributed by atoms with Crippen molar-refractivity contribution in [3.8, 4) is 28.7 Å². The third-order valence-corrected chi connectivity index (χ3v) is 7.65. The van der Waals surface area contributed by atoms with E-state index in [0.717, 1.165) is 11.1 Å². The highest BCUT2D eigenvalue weighted by atomic mass is 35.5. The maximum Gasteiger partial charge on any atom is 0.262 e. The number of amides is 2. The van der Waals surface area contributed by atoms with Gasteiger partial charge in [-0.3, -0.25) is 9.59 Å². The van der Waals surface area contributed by atoms with Crippen LogP contribution in [0.4, 0.5) is 0 Å². The zero-order valence-corrected chi connectivity index (χ0v) is 27.8. The quantitative estimate of drug-likeness (QED) is 0.0760. The molecule has 0 aliphatic carbocycles. The summed E-state index contributed by atoms with van der Waals surface area (Å²) in [6, 6.07) is 24.5. The second-order valence-corrected chi connectivity index (χ2v) is 11.5. The average molecular weight is 693 g/mol. The van der Waals surface area contributed by atoms with Gasteiger partial charge in [-0.25, -0.2) is 5.43 Å². The molecule has 2 amide bonds. The van der Waals surface area contributed by atoms with Crippen LogP contribution in [0.5, 0.6) is 28.7 Å². The maximum absolute atomic E-state index is 13.2. The predicted octanol–water partition coefficient (Wildman–Crippen LogP) is 6.74. The first-order valence-electron chi connectivity index (χ1n) is 15.4. The topological polar surface area (TPSA) is 117 Å². The van der Waals surface area contributed by atoms with E-state index in [4.69, 9.17) is 46.9 Å². The van der Waals surface area contributed by atoms with Crippen LogP contribution in [0, 0.1) is 0 Å². The minimum atomic E-state index is -0.852. The Kier molecular flexibility index (Phi) is 12.4. The molecule has 0 aromatic heterocycles. The fraction of sp³-hybridized carbons (Fsp3) is 0.250. The van der Waals surface area contributed by atoms with E-state index in [1.54, 1.807) is 36.4 Å². The summed E-state index contributed by atoms with van der Waals surface area (Å²) in [6.45, 7) is 3.09. The molecule has 12 heteroatoms. The summed E-state index contributed by atoms with van der Waals surface area (Å²) < 4.78 is 28.3. The van der Waals surface area contributed by atoms with Crippen molar-refractivity contribution in [2.24, 2.45) is 5.10 Å². The van der Waals surface area contributed by atoms with Gasteiger partial charge in [-0.1, -0.05) is 59.6 Å². The molecule has 1 heterocycles. The van der Waals surface area contributed by atoms with Gasteiger partial charge < -0.3 is 29.0 Å². The second-order valence-electron chi connectivity index (χ2n) is 10.7. The molecule has 1 aliphatic rings. The molecule has 10 nitrogen and oxygen atoms in total. The second kappa shape index (κ2) is 17.3. The van der Waals surface area contributed by atoms with E-state index in [9.17, 15) is 9.59 Å². The number of hydrogen-bond acceptors (Lipinski definition) is 8. The number of rotatable bonds is 16. The molecule has 0 radical (unpaired) electrons. The van der Waals surface area contributed by atoms with Crippen molar-refractivity contribution in [2.75, 3.05) is 20.0 Å². The monoisotopic (exact) mass is 691 g/mol. The van der Waals surface area contributed by atoms with Gasteiger partial charge in [0.1, 0.15) is 18.4 Å². The number of hydrogen-bond donors (Lipinski definition) is 2. The third-order valence-electron chi connectivity index (χ3n) is 7.12. The van der Waals surface area contributed by atoms with Crippen molar-refractivity contribution < 1.29 is 33.3 Å². The molecule has 48 heavy (non-hydrogen) atoms. The van der Waals surface area contributed by atoms with E-state index in [2.05, 4.69) is 15.8 Å². The van der Waals surface area contributed by atoms with Gasteiger partial charge in [-0.05, 0) is 78.6 Å². The predicted molar refractivity (Wildman–Crippen MR) is 184 cm³/mol. The van der Waals surface area contributed by atoms with E-state index in [0.29, 0.717) is 64.0 Å². The molecule has 4 aromatic rings. The van der Waals surface area contributed by atoms with Crippen molar-refractivity contribution in [2.45, 2.75) is 38.8 Å². The van der Waals surface area contributed by atoms with Crippen molar-refractivity contribution in [1.82, 2.24) is 10.7 Å². The molecule has 250 valence electrons. The lowest BCUT2D eigenvalue weighted by Gasteiger charge is -2.17. The number of nitrogens with one attached hydrogen (secondary N) is 2. The minimum Gasteiger partial charge on any atom is -0.492 e. The molecule has 0 spiro atoms. The third kappa shape index (κ3) is 10.0. The Morgan fingerprint density at radius 2 is 1.69 bits per heavy atom. The molecular formula is C36H35Cl2N3O7. The van der Waals surface area contributed by atoms with Crippen molar-refractivity contribution >= 4 is 41.2 Å². The minimum absolute atomic E-state index is 0.149. The fourth-order valence-corrected chi connectivity index (χ4v) is 5.23. The highest BCUT2D eigenvalue weighted by molar-refractivity contribution is 6.35. The van der Waals surface area contributed by atoms with Gasteiger partial charge in [-0.15, -0.1) is 0 Å². The molecule has 0 fully saturated rings. The smallest absolute Gasteiger partial charge is 0.262 e. The molecule has 1 aliphatic heterocycles. The van der Waals surface area contributed by atoms with E-state index in [1.807, 2.05) is 55.5 Å². The Morgan fingerprint density at radius 3 is 2.50 bits per heavy atom. The molecular weight excluding hydrogens is 657 g/mol. The normalized spacial score (nSPS) is 12.4. The average Bonchev–Trinajstić information content (AvgIpc) is 3.55. The van der Waals surface area contributed by atoms with E-state index < -0.39 is 11.9 Å². The lowest BCUT2D eigenvalue weighted by Crippen LogP contribution is -2.46. The summed E-state index contributed by atoms with van der Waals surface area (Å²) >= 11 is 12.1. The summed E-state index contributed by atoms with van der Waals surface area (Å²) in [4.78, 5) is 26.0. The summed E-state index contributed by atoms with van der Waals surface area (Å²) in [7, 11) is 0. The van der Waals surface area contributed by atoms with E-state index in [-0.39, 0.29) is 32.1 Å².